The molecule has 2 aromatic carbocycles. The average Bonchev–Trinajstić information content (AvgIpc) is 2.75. The predicted molar refractivity (Wildman–Crippen MR) is 120 cm³/mol. The van der Waals surface area contributed by atoms with E-state index >= 15 is 0 Å². The summed E-state index contributed by atoms with van der Waals surface area (Å²) in [5.41, 5.74) is -2.46. The Balaban J connectivity index is 2.20. The minimum absolute atomic E-state index is 0.0326. The topological polar surface area (TPSA) is 68.2 Å². The van der Waals surface area contributed by atoms with E-state index < -0.39 is 53.4 Å². The fraction of sp³-hybridized carbons (Fsp3) is 0.400. The molecule has 0 bridgehead atoms. The lowest BCUT2D eigenvalue weighted by Gasteiger charge is -2.42. The van der Waals surface area contributed by atoms with Gasteiger partial charge >= 0.3 is 12.1 Å². The number of amides is 2. The molecule has 0 saturated heterocycles. The van der Waals surface area contributed by atoms with Crippen LogP contribution in [-0.4, -0.2) is 41.1 Å². The van der Waals surface area contributed by atoms with E-state index in [0.717, 1.165) is 0 Å². The number of rotatable bonds is 3. The Morgan fingerprint density at radius 2 is 1.68 bits per heavy atom. The Morgan fingerprint density at radius 3 is 2.24 bits per heavy atom. The number of amidine groups is 1. The van der Waals surface area contributed by atoms with Gasteiger partial charge in [-0.05, 0) is 45.9 Å². The zero-order valence-electron chi connectivity index (χ0n) is 19.6. The molecule has 34 heavy (non-hydrogen) atoms. The zero-order valence-corrected chi connectivity index (χ0v) is 19.6. The van der Waals surface area contributed by atoms with Gasteiger partial charge in [0.2, 0.25) is 0 Å². The van der Waals surface area contributed by atoms with Gasteiger partial charge in [0, 0.05) is 17.0 Å². The summed E-state index contributed by atoms with van der Waals surface area (Å²) in [6, 6.07) is 12.7. The second-order valence-corrected chi connectivity index (χ2v) is 9.21. The summed E-state index contributed by atoms with van der Waals surface area (Å²) in [5, 5.41) is 0. The number of hydrogen-bond donors (Lipinski definition) is 0. The van der Waals surface area contributed by atoms with Crippen molar-refractivity contribution < 1.29 is 32.2 Å². The van der Waals surface area contributed by atoms with E-state index in [4.69, 9.17) is 9.47 Å². The van der Waals surface area contributed by atoms with Crippen LogP contribution in [0, 0.1) is 11.7 Å². The van der Waals surface area contributed by atoms with Crippen molar-refractivity contribution in [2.75, 3.05) is 0 Å². The molecule has 0 saturated carbocycles. The van der Waals surface area contributed by atoms with E-state index in [1.807, 2.05) is 0 Å². The van der Waals surface area contributed by atoms with Crippen LogP contribution in [0.5, 0.6) is 0 Å². The highest BCUT2D eigenvalue weighted by atomic mass is 19.3. The van der Waals surface area contributed by atoms with E-state index in [2.05, 4.69) is 4.99 Å². The molecule has 6 nitrogen and oxygen atoms in total. The first-order valence-electron chi connectivity index (χ1n) is 10.8. The Morgan fingerprint density at radius 1 is 1.09 bits per heavy atom. The third-order valence-corrected chi connectivity index (χ3v) is 5.61. The first-order valence-corrected chi connectivity index (χ1v) is 10.8. The van der Waals surface area contributed by atoms with E-state index in [1.54, 1.807) is 45.0 Å². The van der Waals surface area contributed by atoms with Gasteiger partial charge in [0.15, 0.2) is 6.10 Å². The van der Waals surface area contributed by atoms with Crippen molar-refractivity contribution in [2.45, 2.75) is 58.3 Å². The van der Waals surface area contributed by atoms with E-state index in [-0.39, 0.29) is 11.1 Å². The van der Waals surface area contributed by atoms with Gasteiger partial charge in [0.25, 0.3) is 12.3 Å². The lowest BCUT2D eigenvalue weighted by atomic mass is 9.77. The minimum atomic E-state index is -3.00. The van der Waals surface area contributed by atoms with Crippen molar-refractivity contribution in [1.29, 1.82) is 0 Å². The van der Waals surface area contributed by atoms with Gasteiger partial charge < -0.3 is 9.47 Å². The number of ether oxygens (including phenoxy) is 2. The first kappa shape index (κ1) is 25.3. The maximum atomic E-state index is 14.8. The van der Waals surface area contributed by atoms with Gasteiger partial charge in [-0.1, -0.05) is 43.3 Å². The molecule has 0 fully saturated rings. The number of imide groups is 1. The van der Waals surface area contributed by atoms with Crippen molar-refractivity contribution in [3.05, 3.63) is 71.5 Å². The molecule has 0 radical (unpaired) electrons. The third kappa shape index (κ3) is 5.08. The van der Waals surface area contributed by atoms with Crippen molar-refractivity contribution in [3.8, 4) is 0 Å². The fourth-order valence-corrected chi connectivity index (χ4v) is 3.69. The Labute approximate surface area is 196 Å². The average molecular weight is 476 g/mol. The summed E-state index contributed by atoms with van der Waals surface area (Å²) < 4.78 is 53.7. The van der Waals surface area contributed by atoms with Crippen molar-refractivity contribution in [1.82, 2.24) is 4.90 Å². The third-order valence-electron chi connectivity index (χ3n) is 5.61. The summed E-state index contributed by atoms with van der Waals surface area (Å²) in [5.74, 6) is -2.54. The van der Waals surface area contributed by atoms with Gasteiger partial charge in [0.05, 0.1) is 5.54 Å². The molecule has 182 valence electrons. The van der Waals surface area contributed by atoms with Crippen LogP contribution in [0.1, 0.15) is 50.5 Å². The highest BCUT2D eigenvalue weighted by Gasteiger charge is 2.50. The van der Waals surface area contributed by atoms with Gasteiger partial charge in [-0.2, -0.15) is 4.90 Å². The quantitative estimate of drug-likeness (QED) is 0.564. The molecule has 9 heteroatoms. The maximum absolute atomic E-state index is 14.8. The van der Waals surface area contributed by atoms with E-state index in [0.29, 0.717) is 4.90 Å². The van der Waals surface area contributed by atoms with Crippen LogP contribution in [0.3, 0.4) is 0 Å². The molecular weight excluding hydrogens is 449 g/mol. The highest BCUT2D eigenvalue weighted by molar-refractivity contribution is 6.14. The van der Waals surface area contributed by atoms with Crippen LogP contribution < -0.4 is 0 Å². The van der Waals surface area contributed by atoms with Gasteiger partial charge in [-0.25, -0.2) is 23.0 Å². The number of aliphatic imine (C=N–C) groups is 1. The second-order valence-electron chi connectivity index (χ2n) is 9.21. The molecule has 0 N–H and O–H groups in total. The highest BCUT2D eigenvalue weighted by Crippen LogP contribution is 2.43. The minimum Gasteiger partial charge on any atom is -0.455 e. The summed E-state index contributed by atoms with van der Waals surface area (Å²) in [4.78, 5) is 31.3. The zero-order chi connectivity index (χ0) is 25.3. The van der Waals surface area contributed by atoms with Gasteiger partial charge in [0.1, 0.15) is 11.4 Å². The van der Waals surface area contributed by atoms with Crippen molar-refractivity contribution in [2.24, 2.45) is 10.9 Å². The SMILES string of the molecule is C[C@H]1[C@@H](C(F)F)OC(N(C(=O)OC(C)(C)C)C(=O)c2ccccc2)=N[C@]1(C)c1ccccc1F. The largest absolute Gasteiger partial charge is 0.455 e. The molecule has 1 aliphatic heterocycles. The Kier molecular flexibility index (Phi) is 7.05. The number of nitrogens with zero attached hydrogens (tertiary/aromatic N) is 2. The normalized spacial score (nSPS) is 22.6. The Hall–Kier alpha value is -3.36. The molecule has 2 amide bonds. The predicted octanol–water partition coefficient (Wildman–Crippen LogP) is 5.77. The number of benzene rings is 2. The van der Waals surface area contributed by atoms with Crippen LogP contribution in [0.25, 0.3) is 0 Å². The summed E-state index contributed by atoms with van der Waals surface area (Å²) in [6.45, 7) is 7.70. The fourth-order valence-electron chi connectivity index (χ4n) is 3.69. The lowest BCUT2D eigenvalue weighted by Crippen LogP contribution is -2.54. The molecule has 3 atom stereocenters. The monoisotopic (exact) mass is 476 g/mol. The molecule has 2 aromatic rings. The molecule has 0 aromatic heterocycles. The van der Waals surface area contributed by atoms with Gasteiger partial charge in [-0.3, -0.25) is 4.79 Å². The summed E-state index contributed by atoms with van der Waals surface area (Å²) in [7, 11) is 0. The van der Waals surface area contributed by atoms with Gasteiger partial charge in [-0.15, -0.1) is 0 Å². The van der Waals surface area contributed by atoms with Crippen molar-refractivity contribution in [3.63, 3.8) is 0 Å². The molecule has 3 rings (SSSR count). The number of carbonyl (C=O) groups is 2. The van der Waals surface area contributed by atoms with Crippen LogP contribution in [0.2, 0.25) is 0 Å². The number of carbonyl (C=O) groups excluding carboxylic acids is 2. The summed E-state index contributed by atoms with van der Waals surface area (Å²) >= 11 is 0. The van der Waals surface area contributed by atoms with Crippen LogP contribution >= 0.6 is 0 Å². The maximum Gasteiger partial charge on any atom is 0.425 e. The molecular formula is C25H27F3N2O4. The molecule has 0 unspecified atom stereocenters. The first-order chi connectivity index (χ1) is 15.8. The molecule has 0 aliphatic carbocycles. The molecule has 0 spiro atoms. The van der Waals surface area contributed by atoms with Crippen LogP contribution in [0.15, 0.2) is 59.6 Å². The van der Waals surface area contributed by atoms with E-state index in [1.165, 1.54) is 44.2 Å². The number of halogens is 3. The lowest BCUT2D eigenvalue weighted by molar-refractivity contribution is -0.0654. The number of alkyl halides is 2. The van der Waals surface area contributed by atoms with Crippen LogP contribution in [0.4, 0.5) is 18.0 Å². The van der Waals surface area contributed by atoms with Crippen LogP contribution in [-0.2, 0) is 15.0 Å². The molecule has 1 heterocycles. The summed E-state index contributed by atoms with van der Waals surface area (Å²) in [6.07, 6.45) is -5.93. The molecule has 1 aliphatic rings. The standard InChI is InChI=1S/C25H27F3N2O4/c1-15-19(20(27)28)33-22(29-25(15,5)17-13-9-10-14-18(17)26)30(23(32)34-24(2,3)4)21(31)16-11-7-6-8-12-16/h6-15,19-20H,1-5H3/t15-,19-,25-/m0/s1. The number of hydrogen-bond acceptors (Lipinski definition) is 5. The Bertz CT molecular complexity index is 1090. The van der Waals surface area contributed by atoms with Crippen molar-refractivity contribution >= 4 is 18.0 Å². The van der Waals surface area contributed by atoms with E-state index in [9.17, 15) is 22.8 Å². The smallest absolute Gasteiger partial charge is 0.425 e. The second kappa shape index (κ2) is 9.48.